The van der Waals surface area contributed by atoms with Gasteiger partial charge in [-0.25, -0.2) is 0 Å². The molecular weight excluding hydrogens is 284 g/mol. The van der Waals surface area contributed by atoms with E-state index in [1.54, 1.807) is 12.1 Å². The lowest BCUT2D eigenvalue weighted by atomic mass is 9.60. The summed E-state index contributed by atoms with van der Waals surface area (Å²) in [6.07, 6.45) is -0.225. The molecule has 0 aromatic heterocycles. The Morgan fingerprint density at radius 1 is 1.23 bits per heavy atom. The molecule has 1 aliphatic carbocycles. The van der Waals surface area contributed by atoms with E-state index >= 15 is 0 Å². The zero-order chi connectivity index (χ0) is 16.7. The van der Waals surface area contributed by atoms with Crippen molar-refractivity contribution in [1.82, 2.24) is 0 Å². The fourth-order valence-electron chi connectivity index (χ4n) is 3.64. The molecule has 4 unspecified atom stereocenters. The van der Waals surface area contributed by atoms with Gasteiger partial charge in [-0.3, -0.25) is 14.4 Å². The smallest absolute Gasteiger partial charge is 0.146 e. The molecule has 0 radical (unpaired) electrons. The summed E-state index contributed by atoms with van der Waals surface area (Å²) in [5.74, 6) is -3.62. The molecule has 0 saturated heterocycles. The lowest BCUT2D eigenvalue weighted by Gasteiger charge is -2.44. The Morgan fingerprint density at radius 2 is 1.86 bits per heavy atom. The number of hydrogen-bond donors (Lipinski definition) is 2. The van der Waals surface area contributed by atoms with Crippen molar-refractivity contribution >= 4 is 17.3 Å². The Bertz CT molecular complexity index is 632. The summed E-state index contributed by atoms with van der Waals surface area (Å²) in [6.45, 7) is 4.11. The zero-order valence-electron chi connectivity index (χ0n) is 12.9. The third-order valence-electron chi connectivity index (χ3n) is 4.40. The van der Waals surface area contributed by atoms with Crippen molar-refractivity contribution in [1.29, 1.82) is 0 Å². The Labute approximate surface area is 129 Å². The first kappa shape index (κ1) is 16.4. The van der Waals surface area contributed by atoms with Crippen LogP contribution in [0.15, 0.2) is 24.3 Å². The van der Waals surface area contributed by atoms with Gasteiger partial charge in [0.1, 0.15) is 23.1 Å². The van der Waals surface area contributed by atoms with E-state index < -0.39 is 23.4 Å². The average molecular weight is 304 g/mol. The fraction of sp³-hybridized carbons (Fsp3) is 0.471. The van der Waals surface area contributed by atoms with Crippen LogP contribution < -0.4 is 0 Å². The monoisotopic (exact) mass is 304 g/mol. The highest BCUT2D eigenvalue weighted by atomic mass is 16.3. The molecule has 118 valence electrons. The summed E-state index contributed by atoms with van der Waals surface area (Å²) < 4.78 is 0. The van der Waals surface area contributed by atoms with Gasteiger partial charge >= 0.3 is 0 Å². The van der Waals surface area contributed by atoms with Gasteiger partial charge in [0.15, 0.2) is 0 Å². The van der Waals surface area contributed by atoms with Gasteiger partial charge < -0.3 is 10.2 Å². The fourth-order valence-corrected chi connectivity index (χ4v) is 3.64. The second-order valence-electron chi connectivity index (χ2n) is 6.30. The maximum atomic E-state index is 12.3. The molecule has 1 saturated carbocycles. The molecule has 1 aromatic carbocycles. The number of rotatable bonds is 3. The molecule has 0 amide bonds. The van der Waals surface area contributed by atoms with Gasteiger partial charge in [-0.05, 0) is 38.5 Å². The molecule has 5 nitrogen and oxygen atoms in total. The van der Waals surface area contributed by atoms with Crippen molar-refractivity contribution in [2.24, 2.45) is 11.8 Å². The van der Waals surface area contributed by atoms with E-state index in [1.807, 2.05) is 0 Å². The van der Waals surface area contributed by atoms with E-state index in [0.29, 0.717) is 5.56 Å². The SMILES string of the molecule is CC(=O)C1C(=O)CC(C)(O)C(C(C)=O)C1c1cccc(O)c1. The average Bonchev–Trinajstić information content (AvgIpc) is 2.35. The number of phenols is 1. The molecule has 0 bridgehead atoms. The van der Waals surface area contributed by atoms with Crippen LogP contribution in [0.2, 0.25) is 0 Å². The van der Waals surface area contributed by atoms with Crippen LogP contribution in [0.1, 0.15) is 38.7 Å². The highest BCUT2D eigenvalue weighted by molar-refractivity contribution is 6.05. The number of carbonyl (C=O) groups excluding carboxylic acids is 3. The second kappa shape index (κ2) is 5.65. The van der Waals surface area contributed by atoms with Crippen LogP contribution in [-0.4, -0.2) is 33.2 Å². The quantitative estimate of drug-likeness (QED) is 0.828. The molecular formula is C17H20O5. The summed E-state index contributed by atoms with van der Waals surface area (Å²) in [5.41, 5.74) is -1.00. The van der Waals surface area contributed by atoms with Crippen molar-refractivity contribution in [2.45, 2.75) is 38.7 Å². The predicted molar refractivity (Wildman–Crippen MR) is 79.4 cm³/mol. The van der Waals surface area contributed by atoms with Crippen LogP contribution in [0.25, 0.3) is 0 Å². The first-order valence-corrected chi connectivity index (χ1v) is 7.20. The lowest BCUT2D eigenvalue weighted by molar-refractivity contribution is -0.151. The minimum atomic E-state index is -1.51. The van der Waals surface area contributed by atoms with E-state index in [0.717, 1.165) is 0 Å². The summed E-state index contributed by atoms with van der Waals surface area (Å²) in [7, 11) is 0. The van der Waals surface area contributed by atoms with Crippen LogP contribution in [0.3, 0.4) is 0 Å². The van der Waals surface area contributed by atoms with Crippen LogP contribution >= 0.6 is 0 Å². The minimum absolute atomic E-state index is 0.0141. The van der Waals surface area contributed by atoms with Crippen molar-refractivity contribution in [2.75, 3.05) is 0 Å². The summed E-state index contributed by atoms with van der Waals surface area (Å²) in [5, 5.41) is 20.2. The first-order chi connectivity index (χ1) is 10.1. The second-order valence-corrected chi connectivity index (χ2v) is 6.30. The number of ketones is 3. The molecule has 4 atom stereocenters. The third-order valence-corrected chi connectivity index (χ3v) is 4.40. The maximum absolute atomic E-state index is 12.3. The number of benzene rings is 1. The van der Waals surface area contributed by atoms with Crippen LogP contribution in [0.5, 0.6) is 5.75 Å². The molecule has 0 spiro atoms. The summed E-state index contributed by atoms with van der Waals surface area (Å²) in [6, 6.07) is 6.15. The zero-order valence-corrected chi connectivity index (χ0v) is 12.9. The van der Waals surface area contributed by atoms with Crippen molar-refractivity contribution in [3.63, 3.8) is 0 Å². The third kappa shape index (κ3) is 2.81. The summed E-state index contributed by atoms with van der Waals surface area (Å²) in [4.78, 5) is 36.4. The molecule has 22 heavy (non-hydrogen) atoms. The van der Waals surface area contributed by atoms with Gasteiger partial charge in [-0.2, -0.15) is 0 Å². The Morgan fingerprint density at radius 3 is 2.36 bits per heavy atom. The van der Waals surface area contributed by atoms with Crippen molar-refractivity contribution < 1.29 is 24.6 Å². The number of aromatic hydroxyl groups is 1. The van der Waals surface area contributed by atoms with Crippen LogP contribution in [0.4, 0.5) is 0 Å². The predicted octanol–water partition coefficient (Wildman–Crippen LogP) is 1.61. The molecule has 0 aliphatic heterocycles. The molecule has 1 aliphatic rings. The Hall–Kier alpha value is -2.01. The number of carbonyl (C=O) groups is 3. The molecule has 0 heterocycles. The first-order valence-electron chi connectivity index (χ1n) is 7.20. The number of Topliss-reactive ketones (excluding diaryl/α,β-unsaturated/α-hetero) is 3. The van der Waals surface area contributed by atoms with Gasteiger partial charge in [-0.15, -0.1) is 0 Å². The number of hydrogen-bond acceptors (Lipinski definition) is 5. The lowest BCUT2D eigenvalue weighted by Crippen LogP contribution is -2.53. The Balaban J connectivity index is 2.64. The molecule has 1 fully saturated rings. The van der Waals surface area contributed by atoms with E-state index in [4.69, 9.17) is 0 Å². The normalized spacial score (nSPS) is 31.8. The number of aliphatic hydroxyl groups is 1. The summed E-state index contributed by atoms with van der Waals surface area (Å²) >= 11 is 0. The molecule has 1 aromatic rings. The van der Waals surface area contributed by atoms with Crippen molar-refractivity contribution in [3.8, 4) is 5.75 Å². The van der Waals surface area contributed by atoms with Gasteiger partial charge in [-0.1, -0.05) is 12.1 Å². The van der Waals surface area contributed by atoms with Crippen LogP contribution in [-0.2, 0) is 14.4 Å². The van der Waals surface area contributed by atoms with E-state index in [9.17, 15) is 24.6 Å². The van der Waals surface area contributed by atoms with Gasteiger partial charge in [0.2, 0.25) is 0 Å². The largest absolute Gasteiger partial charge is 0.508 e. The van der Waals surface area contributed by atoms with Crippen molar-refractivity contribution in [3.05, 3.63) is 29.8 Å². The van der Waals surface area contributed by atoms with Gasteiger partial charge in [0, 0.05) is 12.3 Å². The Kier molecular flexibility index (Phi) is 4.20. The molecule has 2 rings (SSSR count). The molecule has 5 heteroatoms. The van der Waals surface area contributed by atoms with Crippen LogP contribution in [0, 0.1) is 11.8 Å². The standard InChI is InChI=1S/C17H20O5/c1-9(18)14-13(21)8-17(3,22)16(10(2)19)15(14)11-5-4-6-12(20)7-11/h4-7,14-16,20,22H,8H2,1-3H3. The van der Waals surface area contributed by atoms with Gasteiger partial charge in [0.05, 0.1) is 17.4 Å². The van der Waals surface area contributed by atoms with E-state index in [-0.39, 0.29) is 29.5 Å². The highest BCUT2D eigenvalue weighted by Crippen LogP contribution is 2.46. The minimum Gasteiger partial charge on any atom is -0.508 e. The molecule has 2 N–H and O–H groups in total. The highest BCUT2D eigenvalue weighted by Gasteiger charge is 2.53. The topological polar surface area (TPSA) is 91.7 Å². The van der Waals surface area contributed by atoms with E-state index in [2.05, 4.69) is 0 Å². The van der Waals surface area contributed by atoms with E-state index in [1.165, 1.54) is 32.9 Å². The number of phenolic OH excluding ortho intramolecular Hbond substituents is 1. The van der Waals surface area contributed by atoms with Gasteiger partial charge in [0.25, 0.3) is 0 Å². The maximum Gasteiger partial charge on any atom is 0.146 e.